The van der Waals surface area contributed by atoms with E-state index in [9.17, 15) is 9.59 Å². The number of carbonyl (C=O) groups is 2. The van der Waals surface area contributed by atoms with Gasteiger partial charge in [0, 0.05) is 49.7 Å². The fourth-order valence-electron chi connectivity index (χ4n) is 3.89. The molecule has 172 valence electrons. The zero-order valence-corrected chi connectivity index (χ0v) is 18.9. The Labute approximate surface area is 196 Å². The van der Waals surface area contributed by atoms with Crippen LogP contribution in [0, 0.1) is 6.92 Å². The molecule has 2 amide bonds. The molecule has 4 aromatic rings. The van der Waals surface area contributed by atoms with E-state index in [1.54, 1.807) is 23.3 Å². The molecule has 1 aliphatic rings. The van der Waals surface area contributed by atoms with Gasteiger partial charge in [-0.25, -0.2) is 9.97 Å². The number of carbonyl (C=O) groups excluding carboxylic acids is 2. The Bertz CT molecular complexity index is 1330. The SMILES string of the molecule is Cc1nn(-c2ccccn2)c2nc(C3CC3)cc(C(=O)NCCC(=O)NCc3ccncc3)c12. The highest BCUT2D eigenvalue weighted by atomic mass is 16.2. The molecular weight excluding hydrogens is 430 g/mol. The molecule has 9 heteroatoms. The average Bonchev–Trinajstić information content (AvgIpc) is 3.67. The maximum absolute atomic E-state index is 13.2. The van der Waals surface area contributed by atoms with E-state index in [0.717, 1.165) is 24.1 Å². The maximum atomic E-state index is 13.2. The largest absolute Gasteiger partial charge is 0.352 e. The third-order valence-electron chi connectivity index (χ3n) is 5.82. The molecule has 0 saturated heterocycles. The van der Waals surface area contributed by atoms with Crippen LogP contribution in [-0.4, -0.2) is 43.1 Å². The number of aryl methyl sites for hydroxylation is 1. The number of nitrogens with zero attached hydrogens (tertiary/aromatic N) is 5. The van der Waals surface area contributed by atoms with E-state index in [1.807, 2.05) is 43.3 Å². The van der Waals surface area contributed by atoms with Crippen molar-refractivity contribution in [3.63, 3.8) is 0 Å². The van der Waals surface area contributed by atoms with E-state index in [2.05, 4.69) is 25.7 Å². The minimum Gasteiger partial charge on any atom is -0.352 e. The molecule has 1 fully saturated rings. The van der Waals surface area contributed by atoms with Crippen LogP contribution in [0.2, 0.25) is 0 Å². The highest BCUT2D eigenvalue weighted by Crippen LogP contribution is 2.40. The number of amides is 2. The van der Waals surface area contributed by atoms with E-state index in [0.29, 0.717) is 40.6 Å². The van der Waals surface area contributed by atoms with Crippen LogP contribution in [0.5, 0.6) is 0 Å². The van der Waals surface area contributed by atoms with Gasteiger partial charge >= 0.3 is 0 Å². The van der Waals surface area contributed by atoms with Crippen LogP contribution in [0.25, 0.3) is 16.9 Å². The third kappa shape index (κ3) is 4.63. The Hall–Kier alpha value is -4.14. The highest BCUT2D eigenvalue weighted by Gasteiger charge is 2.29. The first kappa shape index (κ1) is 21.7. The second kappa shape index (κ2) is 9.38. The molecule has 0 spiro atoms. The van der Waals surface area contributed by atoms with Gasteiger partial charge in [-0.2, -0.15) is 9.78 Å². The second-order valence-electron chi connectivity index (χ2n) is 8.39. The number of hydrogen-bond acceptors (Lipinski definition) is 6. The molecule has 0 radical (unpaired) electrons. The number of aromatic nitrogens is 5. The summed E-state index contributed by atoms with van der Waals surface area (Å²) in [4.78, 5) is 38.6. The van der Waals surface area contributed by atoms with Crippen LogP contribution < -0.4 is 10.6 Å². The van der Waals surface area contributed by atoms with Crippen molar-refractivity contribution in [2.75, 3.05) is 6.54 Å². The molecule has 0 atom stereocenters. The van der Waals surface area contributed by atoms with Crippen LogP contribution in [0.1, 0.15) is 52.5 Å². The summed E-state index contributed by atoms with van der Waals surface area (Å²) in [5, 5.41) is 11.1. The van der Waals surface area contributed by atoms with Gasteiger partial charge in [-0.05, 0) is 55.7 Å². The zero-order chi connectivity index (χ0) is 23.5. The summed E-state index contributed by atoms with van der Waals surface area (Å²) in [5.74, 6) is 0.648. The molecule has 5 rings (SSSR count). The van der Waals surface area contributed by atoms with Gasteiger partial charge in [-0.1, -0.05) is 6.07 Å². The lowest BCUT2D eigenvalue weighted by Gasteiger charge is -2.10. The Kier molecular flexibility index (Phi) is 5.99. The van der Waals surface area contributed by atoms with Crippen molar-refractivity contribution >= 4 is 22.8 Å². The number of pyridine rings is 3. The predicted octanol–water partition coefficient (Wildman–Crippen LogP) is 2.83. The summed E-state index contributed by atoms with van der Waals surface area (Å²) in [6.45, 7) is 2.53. The Balaban J connectivity index is 1.33. The fraction of sp³-hybridized carbons (Fsp3) is 0.280. The van der Waals surface area contributed by atoms with E-state index < -0.39 is 0 Å². The molecule has 9 nitrogen and oxygen atoms in total. The van der Waals surface area contributed by atoms with Crippen molar-refractivity contribution in [1.29, 1.82) is 0 Å². The first-order valence-corrected chi connectivity index (χ1v) is 11.4. The number of nitrogens with one attached hydrogen (secondary N) is 2. The van der Waals surface area contributed by atoms with Crippen LogP contribution in [0.4, 0.5) is 0 Å². The van der Waals surface area contributed by atoms with Gasteiger partial charge in [-0.3, -0.25) is 14.6 Å². The van der Waals surface area contributed by atoms with Gasteiger partial charge in [0.1, 0.15) is 0 Å². The second-order valence-corrected chi connectivity index (χ2v) is 8.39. The monoisotopic (exact) mass is 455 g/mol. The highest BCUT2D eigenvalue weighted by molar-refractivity contribution is 6.07. The lowest BCUT2D eigenvalue weighted by Crippen LogP contribution is -2.30. The molecule has 0 aromatic carbocycles. The molecule has 34 heavy (non-hydrogen) atoms. The Morgan fingerprint density at radius 3 is 2.65 bits per heavy atom. The average molecular weight is 456 g/mol. The molecule has 4 aromatic heterocycles. The van der Waals surface area contributed by atoms with Crippen molar-refractivity contribution in [3.8, 4) is 5.82 Å². The third-order valence-corrected chi connectivity index (χ3v) is 5.82. The minimum atomic E-state index is -0.236. The molecule has 1 aliphatic carbocycles. The van der Waals surface area contributed by atoms with Gasteiger partial charge in [0.2, 0.25) is 5.91 Å². The van der Waals surface area contributed by atoms with Crippen LogP contribution in [-0.2, 0) is 11.3 Å². The molecule has 0 bridgehead atoms. The summed E-state index contributed by atoms with van der Waals surface area (Å²) in [6.07, 6.45) is 7.39. The van der Waals surface area contributed by atoms with Gasteiger partial charge in [0.05, 0.1) is 16.6 Å². The lowest BCUT2D eigenvalue weighted by atomic mass is 10.1. The molecule has 2 N–H and O–H groups in total. The van der Waals surface area contributed by atoms with Gasteiger partial charge in [0.15, 0.2) is 11.5 Å². The van der Waals surface area contributed by atoms with Crippen LogP contribution >= 0.6 is 0 Å². The summed E-state index contributed by atoms with van der Waals surface area (Å²) in [7, 11) is 0. The van der Waals surface area contributed by atoms with Gasteiger partial charge < -0.3 is 10.6 Å². The minimum absolute atomic E-state index is 0.130. The summed E-state index contributed by atoms with van der Waals surface area (Å²) in [5.41, 5.74) is 3.73. The Morgan fingerprint density at radius 1 is 1.09 bits per heavy atom. The molecular formula is C25H25N7O2. The predicted molar refractivity (Wildman–Crippen MR) is 126 cm³/mol. The van der Waals surface area contributed by atoms with E-state index in [-0.39, 0.29) is 24.8 Å². The molecule has 0 unspecified atom stereocenters. The van der Waals surface area contributed by atoms with E-state index in [1.165, 1.54) is 0 Å². The molecule has 4 heterocycles. The van der Waals surface area contributed by atoms with Crippen molar-refractivity contribution in [2.24, 2.45) is 0 Å². The normalized spacial score (nSPS) is 13.1. The Morgan fingerprint density at radius 2 is 1.91 bits per heavy atom. The van der Waals surface area contributed by atoms with Gasteiger partial charge in [-0.15, -0.1) is 0 Å². The lowest BCUT2D eigenvalue weighted by molar-refractivity contribution is -0.121. The summed E-state index contributed by atoms with van der Waals surface area (Å²) in [6, 6.07) is 11.2. The first-order valence-electron chi connectivity index (χ1n) is 11.4. The fourth-order valence-corrected chi connectivity index (χ4v) is 3.89. The zero-order valence-electron chi connectivity index (χ0n) is 18.9. The standard InChI is InChI=1S/C25H25N7O2/c1-16-23-19(25(34)28-13-9-22(33)29-15-17-7-11-26-12-8-17)14-20(18-5-6-18)30-24(23)32(31-16)21-4-2-3-10-27-21/h2-4,7-8,10-12,14,18H,5-6,9,13,15H2,1H3,(H,28,34)(H,29,33). The van der Waals surface area contributed by atoms with Gasteiger partial charge in [0.25, 0.3) is 5.91 Å². The topological polar surface area (TPSA) is 115 Å². The number of fused-ring (bicyclic) bond motifs is 1. The first-order chi connectivity index (χ1) is 16.6. The van der Waals surface area contributed by atoms with Crippen molar-refractivity contribution in [2.45, 2.75) is 38.6 Å². The van der Waals surface area contributed by atoms with Crippen LogP contribution in [0.3, 0.4) is 0 Å². The quantitative estimate of drug-likeness (QED) is 0.422. The van der Waals surface area contributed by atoms with Crippen LogP contribution in [0.15, 0.2) is 55.0 Å². The van der Waals surface area contributed by atoms with Crippen molar-refractivity contribution in [1.82, 2.24) is 35.4 Å². The smallest absolute Gasteiger partial charge is 0.252 e. The number of hydrogen-bond donors (Lipinski definition) is 2. The van der Waals surface area contributed by atoms with Crippen molar-refractivity contribution < 1.29 is 9.59 Å². The maximum Gasteiger partial charge on any atom is 0.252 e. The van der Waals surface area contributed by atoms with Crippen molar-refractivity contribution in [3.05, 3.63) is 77.5 Å². The van der Waals surface area contributed by atoms with E-state index >= 15 is 0 Å². The molecule has 0 aliphatic heterocycles. The summed E-state index contributed by atoms with van der Waals surface area (Å²) < 4.78 is 1.69. The molecule has 1 saturated carbocycles. The number of rotatable bonds is 8. The van der Waals surface area contributed by atoms with E-state index in [4.69, 9.17) is 4.98 Å². The summed E-state index contributed by atoms with van der Waals surface area (Å²) >= 11 is 0.